The molecule has 1 unspecified atom stereocenters. The minimum Gasteiger partial charge on any atom is -0.381 e. The molecule has 0 amide bonds. The molecule has 1 heterocycles. The highest BCUT2D eigenvalue weighted by molar-refractivity contribution is 9.09. The van der Waals surface area contributed by atoms with Crippen LogP contribution in [0.15, 0.2) is 24.3 Å². The van der Waals surface area contributed by atoms with Gasteiger partial charge in [0.05, 0.1) is 12.2 Å². The highest BCUT2D eigenvalue weighted by atomic mass is 79.9. The Morgan fingerprint density at radius 2 is 2.11 bits per heavy atom. The number of alkyl halides is 4. The zero-order valence-electron chi connectivity index (χ0n) is 9.77. The molecule has 1 nitrogen and oxygen atoms in total. The molecule has 0 aliphatic carbocycles. The summed E-state index contributed by atoms with van der Waals surface area (Å²) in [5.41, 5.74) is 0.0722. The minimum absolute atomic E-state index is 0.0653. The smallest absolute Gasteiger partial charge is 0.381 e. The van der Waals surface area contributed by atoms with Gasteiger partial charge in [0.25, 0.3) is 0 Å². The molecular weight excluding hydrogens is 309 g/mol. The van der Waals surface area contributed by atoms with Gasteiger partial charge in [-0.25, -0.2) is 0 Å². The molecule has 0 bridgehead atoms. The van der Waals surface area contributed by atoms with Crippen LogP contribution in [-0.4, -0.2) is 18.5 Å². The van der Waals surface area contributed by atoms with Crippen molar-refractivity contribution in [3.05, 3.63) is 35.4 Å². The van der Waals surface area contributed by atoms with E-state index >= 15 is 0 Å². The molecule has 2 rings (SSSR count). The quantitative estimate of drug-likeness (QED) is 0.763. The molecule has 0 spiro atoms. The van der Waals surface area contributed by atoms with Crippen LogP contribution in [0.4, 0.5) is 13.2 Å². The van der Waals surface area contributed by atoms with Crippen molar-refractivity contribution in [1.29, 1.82) is 0 Å². The molecule has 0 N–H and O–H groups in total. The lowest BCUT2D eigenvalue weighted by Gasteiger charge is -2.25. The Balaban J connectivity index is 2.19. The third-order valence-corrected chi connectivity index (χ3v) is 4.49. The van der Waals surface area contributed by atoms with Gasteiger partial charge in [-0.3, -0.25) is 0 Å². The monoisotopic (exact) mass is 322 g/mol. The molecule has 1 aromatic carbocycles. The number of rotatable bonds is 3. The Morgan fingerprint density at radius 3 is 2.67 bits per heavy atom. The van der Waals surface area contributed by atoms with Gasteiger partial charge >= 0.3 is 6.18 Å². The largest absolute Gasteiger partial charge is 0.416 e. The Morgan fingerprint density at radius 1 is 1.33 bits per heavy atom. The predicted molar refractivity (Wildman–Crippen MR) is 66.8 cm³/mol. The third kappa shape index (κ3) is 3.06. The van der Waals surface area contributed by atoms with Crippen LogP contribution in [0.1, 0.15) is 17.5 Å². The summed E-state index contributed by atoms with van der Waals surface area (Å²) in [5.74, 6) is 0. The number of halogens is 4. The van der Waals surface area contributed by atoms with Gasteiger partial charge < -0.3 is 4.74 Å². The highest BCUT2D eigenvalue weighted by Crippen LogP contribution is 2.36. The molecule has 0 radical (unpaired) electrons. The Hall–Kier alpha value is -0.550. The lowest BCUT2D eigenvalue weighted by atomic mass is 9.83. The van der Waals surface area contributed by atoms with Crippen LogP contribution in [0.2, 0.25) is 0 Å². The van der Waals surface area contributed by atoms with Crippen LogP contribution in [0.5, 0.6) is 0 Å². The van der Waals surface area contributed by atoms with E-state index in [9.17, 15) is 13.2 Å². The lowest BCUT2D eigenvalue weighted by Crippen LogP contribution is -2.26. The van der Waals surface area contributed by atoms with Crippen LogP contribution in [0.25, 0.3) is 0 Å². The first-order valence-corrected chi connectivity index (χ1v) is 6.87. The normalized spacial score (nSPS) is 24.4. The maximum atomic E-state index is 12.6. The average molecular weight is 323 g/mol. The topological polar surface area (TPSA) is 9.23 Å². The Labute approximate surface area is 112 Å². The van der Waals surface area contributed by atoms with Gasteiger partial charge in [-0.2, -0.15) is 13.2 Å². The summed E-state index contributed by atoms with van der Waals surface area (Å²) in [4.78, 5) is 0. The summed E-state index contributed by atoms with van der Waals surface area (Å²) in [6, 6.07) is 5.56. The summed E-state index contributed by atoms with van der Waals surface area (Å²) < 4.78 is 43.2. The molecule has 0 saturated carbocycles. The van der Waals surface area contributed by atoms with E-state index in [0.29, 0.717) is 19.6 Å². The van der Waals surface area contributed by atoms with Crippen LogP contribution in [-0.2, 0) is 17.3 Å². The van der Waals surface area contributed by atoms with Crippen molar-refractivity contribution in [2.75, 3.05) is 18.5 Å². The first kappa shape index (κ1) is 13.9. The Bertz CT molecular complexity index is 411. The second-order valence-corrected chi connectivity index (χ2v) is 5.37. The zero-order valence-corrected chi connectivity index (χ0v) is 11.4. The second kappa shape index (κ2) is 5.21. The van der Waals surface area contributed by atoms with Gasteiger partial charge in [0, 0.05) is 17.4 Å². The summed E-state index contributed by atoms with van der Waals surface area (Å²) in [5, 5.41) is 0.746. The molecule has 0 aromatic heterocycles. The van der Waals surface area contributed by atoms with E-state index in [-0.39, 0.29) is 5.41 Å². The maximum Gasteiger partial charge on any atom is 0.416 e. The molecule has 5 heteroatoms. The van der Waals surface area contributed by atoms with Gasteiger partial charge in [-0.05, 0) is 24.5 Å². The van der Waals surface area contributed by atoms with Crippen molar-refractivity contribution >= 4 is 15.9 Å². The fraction of sp³-hybridized carbons (Fsp3) is 0.538. The van der Waals surface area contributed by atoms with E-state index in [1.165, 1.54) is 12.1 Å². The fourth-order valence-corrected chi connectivity index (χ4v) is 2.87. The van der Waals surface area contributed by atoms with Crippen molar-refractivity contribution < 1.29 is 17.9 Å². The summed E-state index contributed by atoms with van der Waals surface area (Å²) >= 11 is 3.45. The van der Waals surface area contributed by atoms with Crippen molar-refractivity contribution in [2.45, 2.75) is 19.0 Å². The summed E-state index contributed by atoms with van der Waals surface area (Å²) in [6.45, 7) is 1.29. The van der Waals surface area contributed by atoms with Gasteiger partial charge in [-0.15, -0.1) is 0 Å². The standard InChI is InChI=1S/C13H14BrF3O/c14-8-12(4-5-18-9-12)7-10-2-1-3-11(6-10)13(15,16)17/h1-3,6H,4-5,7-9H2. The molecule has 100 valence electrons. The molecule has 1 atom stereocenters. The van der Waals surface area contributed by atoms with Crippen LogP contribution in [0.3, 0.4) is 0 Å². The Kier molecular flexibility index (Phi) is 4.02. The van der Waals surface area contributed by atoms with Gasteiger partial charge in [-0.1, -0.05) is 34.1 Å². The van der Waals surface area contributed by atoms with Crippen LogP contribution >= 0.6 is 15.9 Å². The van der Waals surface area contributed by atoms with Gasteiger partial charge in [0.15, 0.2) is 0 Å². The number of hydrogen-bond donors (Lipinski definition) is 0. The molecule has 1 aliphatic rings. The SMILES string of the molecule is FC(F)(F)c1cccc(CC2(CBr)CCOC2)c1. The highest BCUT2D eigenvalue weighted by Gasteiger charge is 2.35. The van der Waals surface area contributed by atoms with Gasteiger partial charge in [0.1, 0.15) is 0 Å². The lowest BCUT2D eigenvalue weighted by molar-refractivity contribution is -0.137. The van der Waals surface area contributed by atoms with E-state index in [0.717, 1.165) is 23.4 Å². The van der Waals surface area contributed by atoms with Crippen molar-refractivity contribution in [3.8, 4) is 0 Å². The summed E-state index contributed by atoms with van der Waals surface area (Å²) in [6.07, 6.45) is -2.78. The number of hydrogen-bond acceptors (Lipinski definition) is 1. The maximum absolute atomic E-state index is 12.6. The van der Waals surface area contributed by atoms with Crippen molar-refractivity contribution in [2.24, 2.45) is 5.41 Å². The summed E-state index contributed by atoms with van der Waals surface area (Å²) in [7, 11) is 0. The first-order valence-electron chi connectivity index (χ1n) is 5.75. The number of benzene rings is 1. The minimum atomic E-state index is -4.27. The van der Waals surface area contributed by atoms with E-state index < -0.39 is 11.7 Å². The zero-order chi connectivity index (χ0) is 13.2. The predicted octanol–water partition coefficient (Wildman–Crippen LogP) is 4.05. The van der Waals surface area contributed by atoms with Crippen LogP contribution in [0, 0.1) is 5.41 Å². The van der Waals surface area contributed by atoms with E-state index in [1.54, 1.807) is 6.07 Å². The van der Waals surface area contributed by atoms with E-state index in [4.69, 9.17) is 4.74 Å². The van der Waals surface area contributed by atoms with E-state index in [2.05, 4.69) is 15.9 Å². The number of ether oxygens (including phenoxy) is 1. The third-order valence-electron chi connectivity index (χ3n) is 3.30. The van der Waals surface area contributed by atoms with Crippen LogP contribution < -0.4 is 0 Å². The van der Waals surface area contributed by atoms with Crippen molar-refractivity contribution in [1.82, 2.24) is 0 Å². The van der Waals surface area contributed by atoms with Crippen molar-refractivity contribution in [3.63, 3.8) is 0 Å². The second-order valence-electron chi connectivity index (χ2n) is 4.81. The molecular formula is C13H14BrF3O. The average Bonchev–Trinajstić information content (AvgIpc) is 2.77. The fourth-order valence-electron chi connectivity index (χ4n) is 2.23. The molecule has 1 aromatic rings. The molecule has 1 saturated heterocycles. The van der Waals surface area contributed by atoms with Gasteiger partial charge in [0.2, 0.25) is 0 Å². The van der Waals surface area contributed by atoms with E-state index in [1.807, 2.05) is 0 Å². The molecule has 1 aliphatic heterocycles. The molecule has 1 fully saturated rings. The first-order chi connectivity index (χ1) is 8.45. The molecule has 18 heavy (non-hydrogen) atoms.